The van der Waals surface area contributed by atoms with E-state index in [9.17, 15) is 23.5 Å². The number of nitrogens with zero attached hydrogens (tertiary/aromatic N) is 4. The maximum atomic E-state index is 15.2. The van der Waals surface area contributed by atoms with Crippen molar-refractivity contribution in [3.63, 3.8) is 0 Å². The second-order valence-electron chi connectivity index (χ2n) is 8.15. The van der Waals surface area contributed by atoms with Crippen molar-refractivity contribution in [3.8, 4) is 5.69 Å². The lowest BCUT2D eigenvalue weighted by Crippen LogP contribution is -2.36. The maximum Gasteiger partial charge on any atom is 0.341 e. The zero-order valence-electron chi connectivity index (χ0n) is 18.2. The Bertz CT molecular complexity index is 1410. The highest BCUT2D eigenvalue weighted by Crippen LogP contribution is 2.32. The number of carbonyl (C=O) groups is 1. The summed E-state index contributed by atoms with van der Waals surface area (Å²) in [6.07, 6.45) is 0.879. The number of anilines is 1. The molecule has 0 aliphatic carbocycles. The summed E-state index contributed by atoms with van der Waals surface area (Å²) < 4.78 is 44.3. The molecule has 1 aliphatic rings. The molecule has 34 heavy (non-hydrogen) atoms. The Morgan fingerprint density at radius 1 is 1.29 bits per heavy atom. The van der Waals surface area contributed by atoms with E-state index in [1.54, 1.807) is 4.90 Å². The van der Waals surface area contributed by atoms with Gasteiger partial charge in [-0.15, -0.1) is 0 Å². The Balaban J connectivity index is 1.99. The van der Waals surface area contributed by atoms with Gasteiger partial charge in [-0.3, -0.25) is 9.36 Å². The molecule has 3 heterocycles. The van der Waals surface area contributed by atoms with E-state index in [0.717, 1.165) is 29.0 Å². The van der Waals surface area contributed by atoms with Crippen molar-refractivity contribution < 1.29 is 27.9 Å². The Morgan fingerprint density at radius 3 is 2.65 bits per heavy atom. The summed E-state index contributed by atoms with van der Waals surface area (Å²) in [7, 11) is 1.37. The number of carboxylic acids is 1. The summed E-state index contributed by atoms with van der Waals surface area (Å²) >= 11 is 0. The van der Waals surface area contributed by atoms with Crippen molar-refractivity contribution in [2.45, 2.75) is 6.92 Å². The number of aromatic carboxylic acids is 1. The largest absolute Gasteiger partial charge is 0.477 e. The molecule has 178 valence electrons. The van der Waals surface area contributed by atoms with Crippen LogP contribution in [0.1, 0.15) is 17.3 Å². The molecule has 2 aromatic heterocycles. The fraction of sp³-hybridized carbons (Fsp3) is 0.273. The molecule has 4 rings (SSSR count). The minimum Gasteiger partial charge on any atom is -0.477 e. The summed E-state index contributed by atoms with van der Waals surface area (Å²) in [6, 6.07) is 3.49. The molecule has 0 saturated carbocycles. The first kappa shape index (κ1) is 23.2. The highest BCUT2D eigenvalue weighted by atomic mass is 19.1. The molecule has 12 heteroatoms. The van der Waals surface area contributed by atoms with Gasteiger partial charge in [0.1, 0.15) is 24.3 Å². The van der Waals surface area contributed by atoms with Crippen LogP contribution in [0.5, 0.6) is 0 Å². The predicted molar refractivity (Wildman–Crippen MR) is 118 cm³/mol. The molecule has 0 spiro atoms. The van der Waals surface area contributed by atoms with Crippen molar-refractivity contribution in [1.82, 2.24) is 9.55 Å². The van der Waals surface area contributed by atoms with Gasteiger partial charge in [-0.2, -0.15) is 0 Å². The lowest BCUT2D eigenvalue weighted by Gasteiger charge is -2.23. The summed E-state index contributed by atoms with van der Waals surface area (Å²) in [5, 5.41) is 13.1. The highest BCUT2D eigenvalue weighted by Gasteiger charge is 2.41. The average Bonchev–Trinajstić information content (AvgIpc) is 3.11. The third-order valence-corrected chi connectivity index (χ3v) is 5.84. The maximum absolute atomic E-state index is 15.2. The average molecular weight is 475 g/mol. The van der Waals surface area contributed by atoms with Crippen LogP contribution in [0.4, 0.5) is 19.0 Å². The number of fused-ring (bicyclic) bond motifs is 1. The normalized spacial score (nSPS) is 19.2. The van der Waals surface area contributed by atoms with Crippen molar-refractivity contribution >= 4 is 28.5 Å². The van der Waals surface area contributed by atoms with E-state index < -0.39 is 39.8 Å². The quantitative estimate of drug-likeness (QED) is 0.543. The van der Waals surface area contributed by atoms with E-state index in [2.05, 4.69) is 10.1 Å². The van der Waals surface area contributed by atoms with Gasteiger partial charge < -0.3 is 20.6 Å². The number of rotatable bonds is 5. The van der Waals surface area contributed by atoms with Gasteiger partial charge in [0.2, 0.25) is 5.43 Å². The predicted octanol–water partition coefficient (Wildman–Crippen LogP) is 2.29. The van der Waals surface area contributed by atoms with Gasteiger partial charge in [0, 0.05) is 30.8 Å². The Kier molecular flexibility index (Phi) is 5.77. The standard InChI is InChI=1S/C22H20F3N5O4/c1-22(9-26)10-29(8-17(22)28-34-2)20-15(25)6-12-18(31)13(21(32)33)7-30(19(12)27-20)16-4-3-11(23)5-14(16)24/h3-7H,8-10,26H2,1-2H3,(H,32,33). The zero-order valence-corrected chi connectivity index (χ0v) is 18.2. The number of nitrogens with two attached hydrogens (primary N) is 1. The first-order valence-electron chi connectivity index (χ1n) is 10.1. The van der Waals surface area contributed by atoms with Gasteiger partial charge in [0.05, 0.1) is 23.3 Å². The molecule has 1 aliphatic heterocycles. The fourth-order valence-corrected chi connectivity index (χ4v) is 3.97. The van der Waals surface area contributed by atoms with Crippen LogP contribution >= 0.6 is 0 Å². The van der Waals surface area contributed by atoms with E-state index >= 15 is 4.39 Å². The van der Waals surface area contributed by atoms with Gasteiger partial charge in [0.15, 0.2) is 17.3 Å². The van der Waals surface area contributed by atoms with Crippen LogP contribution in [0, 0.1) is 22.9 Å². The number of oxime groups is 1. The third-order valence-electron chi connectivity index (χ3n) is 5.84. The van der Waals surface area contributed by atoms with Gasteiger partial charge in [0.25, 0.3) is 0 Å². The minimum absolute atomic E-state index is 0.124. The second-order valence-corrected chi connectivity index (χ2v) is 8.15. The van der Waals surface area contributed by atoms with E-state index in [-0.39, 0.29) is 42.2 Å². The first-order valence-corrected chi connectivity index (χ1v) is 10.1. The van der Waals surface area contributed by atoms with E-state index in [1.807, 2.05) is 6.92 Å². The topological polar surface area (TPSA) is 123 Å². The Morgan fingerprint density at radius 2 is 2.03 bits per heavy atom. The second kappa shape index (κ2) is 8.45. The molecule has 3 aromatic rings. The molecule has 1 aromatic carbocycles. The number of carboxylic acid groups (broad SMARTS) is 1. The van der Waals surface area contributed by atoms with Crippen molar-refractivity contribution in [1.29, 1.82) is 0 Å². The SMILES string of the molecule is CON=C1CN(c2nc3c(cc2F)c(=O)c(C(=O)O)cn3-c2ccc(F)cc2F)CC1(C)CN. The Hall–Kier alpha value is -3.93. The van der Waals surface area contributed by atoms with Crippen LogP contribution < -0.4 is 16.1 Å². The van der Waals surface area contributed by atoms with Crippen molar-refractivity contribution in [2.75, 3.05) is 31.6 Å². The van der Waals surface area contributed by atoms with Crippen LogP contribution in [0.15, 0.2) is 40.4 Å². The number of benzene rings is 1. The van der Waals surface area contributed by atoms with Crippen LogP contribution in [-0.2, 0) is 4.84 Å². The smallest absolute Gasteiger partial charge is 0.341 e. The summed E-state index contributed by atoms with van der Waals surface area (Å²) in [5.41, 5.74) is 3.62. The molecule has 1 atom stereocenters. The number of hydrogen-bond acceptors (Lipinski definition) is 7. The molecule has 3 N–H and O–H groups in total. The van der Waals surface area contributed by atoms with Gasteiger partial charge in [-0.05, 0) is 18.2 Å². The van der Waals surface area contributed by atoms with Crippen LogP contribution in [-0.4, -0.2) is 53.1 Å². The number of hydrogen-bond donors (Lipinski definition) is 2. The molecule has 1 unspecified atom stereocenters. The van der Waals surface area contributed by atoms with E-state index in [4.69, 9.17) is 10.6 Å². The molecule has 1 fully saturated rings. The van der Waals surface area contributed by atoms with Gasteiger partial charge >= 0.3 is 5.97 Å². The van der Waals surface area contributed by atoms with Gasteiger partial charge in [-0.25, -0.2) is 22.9 Å². The first-order chi connectivity index (χ1) is 16.1. The lowest BCUT2D eigenvalue weighted by atomic mass is 9.88. The van der Waals surface area contributed by atoms with Crippen molar-refractivity contribution in [2.24, 2.45) is 16.3 Å². The van der Waals surface area contributed by atoms with Crippen LogP contribution in [0.2, 0.25) is 0 Å². The molecule has 0 amide bonds. The minimum atomic E-state index is -1.59. The van der Waals surface area contributed by atoms with Crippen LogP contribution in [0.25, 0.3) is 16.7 Å². The lowest BCUT2D eigenvalue weighted by molar-refractivity contribution is 0.0695. The molecule has 0 radical (unpaired) electrons. The molecular formula is C22H20F3N5O4. The highest BCUT2D eigenvalue weighted by molar-refractivity contribution is 5.97. The van der Waals surface area contributed by atoms with Gasteiger partial charge in [-0.1, -0.05) is 12.1 Å². The fourth-order valence-electron chi connectivity index (χ4n) is 3.97. The summed E-state index contributed by atoms with van der Waals surface area (Å²) in [6.45, 7) is 2.36. The monoisotopic (exact) mass is 475 g/mol. The molecular weight excluding hydrogens is 455 g/mol. The van der Waals surface area contributed by atoms with E-state index in [0.29, 0.717) is 11.8 Å². The number of aromatic nitrogens is 2. The molecule has 1 saturated heterocycles. The third kappa shape index (κ3) is 3.75. The number of halogens is 3. The summed E-state index contributed by atoms with van der Waals surface area (Å²) in [4.78, 5) is 35.1. The Labute approximate surface area is 190 Å². The molecule has 0 bridgehead atoms. The summed E-state index contributed by atoms with van der Waals surface area (Å²) in [5.74, 6) is -4.54. The number of pyridine rings is 2. The zero-order chi connectivity index (χ0) is 24.8. The molecule has 9 nitrogen and oxygen atoms in total. The van der Waals surface area contributed by atoms with Crippen LogP contribution in [0.3, 0.4) is 0 Å². The van der Waals surface area contributed by atoms with E-state index in [1.165, 1.54) is 7.11 Å². The van der Waals surface area contributed by atoms with Crippen molar-refractivity contribution in [3.05, 3.63) is 63.7 Å².